The van der Waals surface area contributed by atoms with Gasteiger partial charge in [-0.25, -0.2) is 13.4 Å². The molecule has 0 amide bonds. The fraction of sp³-hybridized carbons (Fsp3) is 0.423. The molecule has 0 unspecified atom stereocenters. The number of benzene rings is 2. The zero-order chi connectivity index (χ0) is 24.3. The summed E-state index contributed by atoms with van der Waals surface area (Å²) in [6.07, 6.45) is 7.49. The van der Waals surface area contributed by atoms with E-state index in [1.807, 2.05) is 39.0 Å². The summed E-state index contributed by atoms with van der Waals surface area (Å²) in [4.78, 5) is 6.02. The van der Waals surface area contributed by atoms with Crippen molar-refractivity contribution < 1.29 is 13.2 Å². The normalized spacial score (nSPS) is 15.1. The van der Waals surface area contributed by atoms with Gasteiger partial charge in [-0.3, -0.25) is 4.72 Å². The number of anilines is 2. The molecule has 0 bridgehead atoms. The first-order valence-corrected chi connectivity index (χ1v) is 14.1. The Hall–Kier alpha value is -2.58. The van der Waals surface area contributed by atoms with E-state index in [9.17, 15) is 8.42 Å². The van der Waals surface area contributed by atoms with Crippen LogP contribution in [0.2, 0.25) is 0 Å². The molecule has 0 atom stereocenters. The summed E-state index contributed by atoms with van der Waals surface area (Å²) in [6, 6.07) is 11.3. The van der Waals surface area contributed by atoms with Gasteiger partial charge in [0.2, 0.25) is 0 Å². The lowest BCUT2D eigenvalue weighted by Gasteiger charge is -2.15. The van der Waals surface area contributed by atoms with Gasteiger partial charge in [0.1, 0.15) is 5.75 Å². The summed E-state index contributed by atoms with van der Waals surface area (Å²) in [5.41, 5.74) is 3.80. The Morgan fingerprint density at radius 3 is 2.38 bits per heavy atom. The van der Waals surface area contributed by atoms with Crippen molar-refractivity contribution in [2.45, 2.75) is 70.2 Å². The maximum atomic E-state index is 13.3. The monoisotopic (exact) mass is 499 g/mol. The third-order valence-electron chi connectivity index (χ3n) is 6.40. The lowest BCUT2D eigenvalue weighted by atomic mass is 10.1. The van der Waals surface area contributed by atoms with E-state index in [-0.39, 0.29) is 4.90 Å². The first kappa shape index (κ1) is 24.5. The van der Waals surface area contributed by atoms with E-state index in [2.05, 4.69) is 10.0 Å². The van der Waals surface area contributed by atoms with Gasteiger partial charge in [0.05, 0.1) is 28.3 Å². The summed E-state index contributed by atoms with van der Waals surface area (Å²) in [7, 11) is -2.18. The standard InChI is InChI=1S/C26H33N3O3S2/c1-17-11-12-20(25-19(3)27-26(33-25)28-21-9-7-5-6-8-10-21)16-24(17)34(30,31)29-23-14-13-22(32-4)15-18(23)2/h11-16,21,29H,5-10H2,1-4H3,(H,27,28). The molecule has 0 spiro atoms. The summed E-state index contributed by atoms with van der Waals surface area (Å²) in [5.74, 6) is 0.688. The number of hydrogen-bond acceptors (Lipinski definition) is 6. The van der Waals surface area contributed by atoms with Crippen molar-refractivity contribution in [3.8, 4) is 16.2 Å². The first-order valence-electron chi connectivity index (χ1n) is 11.8. The molecule has 1 saturated carbocycles. The predicted octanol–water partition coefficient (Wildman–Crippen LogP) is 6.68. The molecule has 2 N–H and O–H groups in total. The number of sulfonamides is 1. The van der Waals surface area contributed by atoms with Gasteiger partial charge in [-0.15, -0.1) is 0 Å². The molecule has 182 valence electrons. The van der Waals surface area contributed by atoms with Gasteiger partial charge in [0, 0.05) is 6.04 Å². The average Bonchev–Trinajstić information content (AvgIpc) is 2.98. The second kappa shape index (κ2) is 10.4. The van der Waals surface area contributed by atoms with E-state index in [1.54, 1.807) is 36.6 Å². The molecule has 1 aliphatic carbocycles. The molecule has 0 aliphatic heterocycles. The quantitative estimate of drug-likeness (QED) is 0.355. The third kappa shape index (κ3) is 5.55. The number of ether oxygens (including phenoxy) is 1. The minimum atomic E-state index is -3.77. The fourth-order valence-corrected chi connectivity index (χ4v) is 6.87. The van der Waals surface area contributed by atoms with Gasteiger partial charge in [-0.05, 0) is 74.6 Å². The number of rotatable bonds is 7. The minimum absolute atomic E-state index is 0.270. The topological polar surface area (TPSA) is 80.3 Å². The van der Waals surface area contributed by atoms with Gasteiger partial charge < -0.3 is 10.1 Å². The maximum absolute atomic E-state index is 13.3. The largest absolute Gasteiger partial charge is 0.497 e. The van der Waals surface area contributed by atoms with Crippen LogP contribution in [-0.2, 0) is 10.0 Å². The van der Waals surface area contributed by atoms with E-state index in [4.69, 9.17) is 9.72 Å². The number of aryl methyl sites for hydroxylation is 3. The lowest BCUT2D eigenvalue weighted by molar-refractivity contribution is 0.414. The molecule has 6 nitrogen and oxygen atoms in total. The van der Waals surface area contributed by atoms with Crippen LogP contribution in [-0.4, -0.2) is 26.6 Å². The zero-order valence-electron chi connectivity index (χ0n) is 20.3. The molecule has 4 rings (SSSR count). The van der Waals surface area contributed by atoms with Gasteiger partial charge in [0.25, 0.3) is 10.0 Å². The molecule has 1 fully saturated rings. The molecular formula is C26H33N3O3S2. The Balaban J connectivity index is 1.60. The summed E-state index contributed by atoms with van der Waals surface area (Å²) < 4.78 is 34.6. The van der Waals surface area contributed by atoms with Gasteiger partial charge in [-0.2, -0.15) is 0 Å². The summed E-state index contributed by atoms with van der Waals surface area (Å²) >= 11 is 1.60. The van der Waals surface area contributed by atoms with E-state index in [0.717, 1.165) is 26.8 Å². The van der Waals surface area contributed by atoms with Crippen LogP contribution >= 0.6 is 11.3 Å². The van der Waals surface area contributed by atoms with Crippen LogP contribution in [0.25, 0.3) is 10.4 Å². The molecule has 0 saturated heterocycles. The molecule has 2 aromatic carbocycles. The SMILES string of the molecule is COc1ccc(NS(=O)(=O)c2cc(-c3sc(NC4CCCCCC4)nc3C)ccc2C)c(C)c1. The van der Waals surface area contributed by atoms with Crippen molar-refractivity contribution in [1.82, 2.24) is 4.98 Å². The Morgan fingerprint density at radius 1 is 0.971 bits per heavy atom. The highest BCUT2D eigenvalue weighted by Gasteiger charge is 2.21. The van der Waals surface area contributed by atoms with E-state index in [1.165, 1.54) is 38.5 Å². The van der Waals surface area contributed by atoms with Crippen molar-refractivity contribution in [2.24, 2.45) is 0 Å². The number of aromatic nitrogens is 1. The van der Waals surface area contributed by atoms with E-state index < -0.39 is 10.0 Å². The molecule has 1 aromatic heterocycles. The van der Waals surface area contributed by atoms with Crippen LogP contribution in [0.15, 0.2) is 41.3 Å². The smallest absolute Gasteiger partial charge is 0.262 e. The van der Waals surface area contributed by atoms with Crippen molar-refractivity contribution >= 4 is 32.2 Å². The Kier molecular flexibility index (Phi) is 7.48. The highest BCUT2D eigenvalue weighted by atomic mass is 32.2. The number of methoxy groups -OCH3 is 1. The average molecular weight is 500 g/mol. The van der Waals surface area contributed by atoms with E-state index in [0.29, 0.717) is 23.0 Å². The maximum Gasteiger partial charge on any atom is 0.262 e. The van der Waals surface area contributed by atoms with Crippen LogP contribution in [0.5, 0.6) is 5.75 Å². The molecule has 1 aliphatic rings. The lowest BCUT2D eigenvalue weighted by Crippen LogP contribution is -2.17. The van der Waals surface area contributed by atoms with Crippen LogP contribution in [0.3, 0.4) is 0 Å². The van der Waals surface area contributed by atoms with Crippen LogP contribution in [0.1, 0.15) is 55.3 Å². The molecule has 0 radical (unpaired) electrons. The predicted molar refractivity (Wildman–Crippen MR) is 141 cm³/mol. The summed E-state index contributed by atoms with van der Waals surface area (Å²) in [5, 5.41) is 4.54. The van der Waals surface area contributed by atoms with E-state index >= 15 is 0 Å². The molecular weight excluding hydrogens is 466 g/mol. The number of thiazole rings is 1. The highest BCUT2D eigenvalue weighted by Crippen LogP contribution is 2.36. The minimum Gasteiger partial charge on any atom is -0.497 e. The molecule has 34 heavy (non-hydrogen) atoms. The van der Waals surface area contributed by atoms with Crippen LogP contribution in [0.4, 0.5) is 10.8 Å². The van der Waals surface area contributed by atoms with Crippen LogP contribution in [0, 0.1) is 20.8 Å². The fourth-order valence-electron chi connectivity index (χ4n) is 4.43. The molecule has 3 aromatic rings. The van der Waals surface area contributed by atoms with Crippen molar-refractivity contribution in [1.29, 1.82) is 0 Å². The van der Waals surface area contributed by atoms with Crippen molar-refractivity contribution in [3.05, 3.63) is 53.2 Å². The molecule has 1 heterocycles. The Bertz CT molecular complexity index is 1260. The number of hydrogen-bond donors (Lipinski definition) is 2. The molecule has 8 heteroatoms. The zero-order valence-corrected chi connectivity index (χ0v) is 21.9. The van der Waals surface area contributed by atoms with Gasteiger partial charge in [0.15, 0.2) is 5.13 Å². The second-order valence-electron chi connectivity index (χ2n) is 9.03. The van der Waals surface area contributed by atoms with Crippen molar-refractivity contribution in [3.63, 3.8) is 0 Å². The number of nitrogens with zero attached hydrogens (tertiary/aromatic N) is 1. The summed E-state index contributed by atoms with van der Waals surface area (Å²) in [6.45, 7) is 5.65. The van der Waals surface area contributed by atoms with Gasteiger partial charge in [-0.1, -0.05) is 49.2 Å². The number of nitrogens with one attached hydrogen (secondary N) is 2. The van der Waals surface area contributed by atoms with Crippen LogP contribution < -0.4 is 14.8 Å². The van der Waals surface area contributed by atoms with Gasteiger partial charge >= 0.3 is 0 Å². The Morgan fingerprint density at radius 2 is 1.71 bits per heavy atom. The Labute approximate surface area is 206 Å². The first-order chi connectivity index (χ1) is 16.3. The van der Waals surface area contributed by atoms with Crippen molar-refractivity contribution in [2.75, 3.05) is 17.1 Å². The third-order valence-corrected chi connectivity index (χ3v) is 9.04. The second-order valence-corrected chi connectivity index (χ2v) is 11.7. The highest BCUT2D eigenvalue weighted by molar-refractivity contribution is 7.92.